The third kappa shape index (κ3) is 4.81. The van der Waals surface area contributed by atoms with Gasteiger partial charge in [-0.2, -0.15) is 0 Å². The van der Waals surface area contributed by atoms with E-state index >= 15 is 0 Å². The van der Waals surface area contributed by atoms with Gasteiger partial charge < -0.3 is 4.90 Å². The highest BCUT2D eigenvalue weighted by molar-refractivity contribution is 6.31. The fraction of sp³-hybridized carbons (Fsp3) is 0.143. The number of nitrogens with one attached hydrogen (secondary N) is 2. The van der Waals surface area contributed by atoms with Gasteiger partial charge in [-0.25, -0.2) is 4.98 Å². The Morgan fingerprint density at radius 2 is 2.05 bits per heavy atom. The van der Waals surface area contributed by atoms with E-state index < -0.39 is 0 Å². The summed E-state index contributed by atoms with van der Waals surface area (Å²) in [7, 11) is 1.77. The van der Waals surface area contributed by atoms with Crippen molar-refractivity contribution in [3.8, 4) is 0 Å². The first-order valence-corrected chi connectivity index (χ1v) is 6.93. The second-order valence-corrected chi connectivity index (χ2v) is 5.25. The molecule has 0 spiro atoms. The van der Waals surface area contributed by atoms with E-state index in [0.717, 1.165) is 0 Å². The lowest BCUT2D eigenvalue weighted by atomic mass is 10.3. The van der Waals surface area contributed by atoms with Crippen molar-refractivity contribution in [1.82, 2.24) is 10.4 Å². The number of amides is 1. The molecular weight excluding hydrogens is 311 g/mol. The van der Waals surface area contributed by atoms with Crippen LogP contribution in [0.2, 0.25) is 10.0 Å². The van der Waals surface area contributed by atoms with Crippen LogP contribution >= 0.6 is 23.2 Å². The van der Waals surface area contributed by atoms with E-state index in [-0.39, 0.29) is 12.5 Å². The van der Waals surface area contributed by atoms with Gasteiger partial charge in [0.25, 0.3) is 5.91 Å². The number of rotatable bonds is 5. The standard InChI is InChI=1S/C14H14Cl2N4O/c1-20(13-6-5-11(16)8-17-13)9-14(21)19-18-12-4-2-3-10(15)7-12/h2-8,18H,9H2,1H3,(H,19,21). The summed E-state index contributed by atoms with van der Waals surface area (Å²) in [5.41, 5.74) is 6.11. The van der Waals surface area contributed by atoms with Gasteiger partial charge >= 0.3 is 0 Å². The smallest absolute Gasteiger partial charge is 0.257 e. The number of benzene rings is 1. The van der Waals surface area contributed by atoms with Crippen molar-refractivity contribution in [1.29, 1.82) is 0 Å². The quantitative estimate of drug-likeness (QED) is 0.830. The zero-order chi connectivity index (χ0) is 15.2. The molecule has 2 rings (SSSR count). The van der Waals surface area contributed by atoms with Crippen molar-refractivity contribution in [3.63, 3.8) is 0 Å². The molecular formula is C14H14Cl2N4O. The first-order valence-electron chi connectivity index (χ1n) is 6.18. The lowest BCUT2D eigenvalue weighted by molar-refractivity contribution is -0.119. The average molecular weight is 325 g/mol. The van der Waals surface area contributed by atoms with Crippen LogP contribution in [-0.2, 0) is 4.79 Å². The third-order valence-corrected chi connectivity index (χ3v) is 3.11. The molecule has 1 aromatic heterocycles. The molecule has 0 aliphatic carbocycles. The highest BCUT2D eigenvalue weighted by Gasteiger charge is 2.08. The SMILES string of the molecule is CN(CC(=O)NNc1cccc(Cl)c1)c1ccc(Cl)cn1. The molecule has 5 nitrogen and oxygen atoms in total. The summed E-state index contributed by atoms with van der Waals surface area (Å²) >= 11 is 11.6. The number of hydrogen-bond donors (Lipinski definition) is 2. The van der Waals surface area contributed by atoms with Crippen LogP contribution in [0.15, 0.2) is 42.6 Å². The van der Waals surface area contributed by atoms with Crippen LogP contribution in [0.4, 0.5) is 11.5 Å². The predicted octanol–water partition coefficient (Wildman–Crippen LogP) is 2.97. The van der Waals surface area contributed by atoms with E-state index in [1.165, 1.54) is 6.20 Å². The maximum atomic E-state index is 11.8. The Morgan fingerprint density at radius 1 is 1.24 bits per heavy atom. The summed E-state index contributed by atoms with van der Waals surface area (Å²) in [4.78, 5) is 17.7. The number of aromatic nitrogens is 1. The van der Waals surface area contributed by atoms with Crippen molar-refractivity contribution in [2.24, 2.45) is 0 Å². The molecule has 0 radical (unpaired) electrons. The van der Waals surface area contributed by atoms with Crippen LogP contribution in [0, 0.1) is 0 Å². The molecule has 0 saturated carbocycles. The Balaban J connectivity index is 1.85. The molecule has 1 amide bonds. The predicted molar refractivity (Wildman–Crippen MR) is 85.7 cm³/mol. The lowest BCUT2D eigenvalue weighted by Gasteiger charge is -2.18. The monoisotopic (exact) mass is 324 g/mol. The van der Waals surface area contributed by atoms with Crippen LogP contribution in [-0.4, -0.2) is 24.5 Å². The summed E-state index contributed by atoms with van der Waals surface area (Å²) in [6.45, 7) is 0.155. The number of pyridine rings is 1. The first-order chi connectivity index (χ1) is 10.0. The van der Waals surface area contributed by atoms with Crippen molar-refractivity contribution in [3.05, 3.63) is 52.6 Å². The summed E-state index contributed by atoms with van der Waals surface area (Å²) in [6.07, 6.45) is 1.54. The van der Waals surface area contributed by atoms with Gasteiger partial charge in [-0.1, -0.05) is 29.3 Å². The summed E-state index contributed by atoms with van der Waals surface area (Å²) in [5, 5.41) is 1.15. The highest BCUT2D eigenvalue weighted by atomic mass is 35.5. The molecule has 0 saturated heterocycles. The Bertz CT molecular complexity index is 619. The maximum absolute atomic E-state index is 11.8. The van der Waals surface area contributed by atoms with E-state index in [0.29, 0.717) is 21.6 Å². The van der Waals surface area contributed by atoms with Crippen molar-refractivity contribution < 1.29 is 4.79 Å². The highest BCUT2D eigenvalue weighted by Crippen LogP contribution is 2.14. The van der Waals surface area contributed by atoms with Gasteiger partial charge in [-0.15, -0.1) is 0 Å². The largest absolute Gasteiger partial charge is 0.350 e. The number of hydrogen-bond acceptors (Lipinski definition) is 4. The minimum absolute atomic E-state index is 0.155. The van der Waals surface area contributed by atoms with Gasteiger partial charge in [0.05, 0.1) is 17.3 Å². The average Bonchev–Trinajstić information content (AvgIpc) is 2.46. The normalized spacial score (nSPS) is 10.0. The number of carbonyl (C=O) groups is 1. The third-order valence-electron chi connectivity index (χ3n) is 2.65. The van der Waals surface area contributed by atoms with Crippen molar-refractivity contribution in [2.45, 2.75) is 0 Å². The van der Waals surface area contributed by atoms with E-state index in [9.17, 15) is 4.79 Å². The summed E-state index contributed by atoms with van der Waals surface area (Å²) in [5.74, 6) is 0.464. The topological polar surface area (TPSA) is 57.3 Å². The van der Waals surface area contributed by atoms with Gasteiger partial charge in [0.1, 0.15) is 5.82 Å². The molecule has 0 aliphatic heterocycles. The number of halogens is 2. The van der Waals surface area contributed by atoms with E-state index in [1.807, 2.05) is 0 Å². The first kappa shape index (κ1) is 15.4. The molecule has 0 bridgehead atoms. The zero-order valence-corrected chi connectivity index (χ0v) is 12.8. The van der Waals surface area contributed by atoms with Crippen LogP contribution in [0.1, 0.15) is 0 Å². The lowest BCUT2D eigenvalue weighted by Crippen LogP contribution is -2.38. The molecule has 0 fully saturated rings. The van der Waals surface area contributed by atoms with E-state index in [1.54, 1.807) is 48.3 Å². The van der Waals surface area contributed by atoms with Gasteiger partial charge in [0, 0.05) is 18.3 Å². The fourth-order valence-electron chi connectivity index (χ4n) is 1.64. The Kier molecular flexibility index (Phi) is 5.25. The Morgan fingerprint density at radius 3 is 2.71 bits per heavy atom. The molecule has 1 aromatic carbocycles. The second kappa shape index (κ2) is 7.15. The molecule has 21 heavy (non-hydrogen) atoms. The number of hydrazine groups is 1. The molecule has 110 valence electrons. The number of likely N-dealkylation sites (N-methyl/N-ethyl adjacent to an activating group) is 1. The Labute approximate surface area is 132 Å². The Hall–Kier alpha value is -1.98. The molecule has 0 unspecified atom stereocenters. The number of carbonyl (C=O) groups excluding carboxylic acids is 1. The summed E-state index contributed by atoms with van der Waals surface area (Å²) in [6, 6.07) is 10.5. The maximum Gasteiger partial charge on any atom is 0.257 e. The van der Waals surface area contributed by atoms with Gasteiger partial charge in [-0.3, -0.25) is 15.6 Å². The van der Waals surface area contributed by atoms with Gasteiger partial charge in [-0.05, 0) is 30.3 Å². The number of nitrogens with zero attached hydrogens (tertiary/aromatic N) is 2. The van der Waals surface area contributed by atoms with Gasteiger partial charge in [0.15, 0.2) is 0 Å². The van der Waals surface area contributed by atoms with E-state index in [4.69, 9.17) is 23.2 Å². The molecule has 7 heteroatoms. The molecule has 1 heterocycles. The fourth-order valence-corrected chi connectivity index (χ4v) is 1.94. The molecule has 2 N–H and O–H groups in total. The summed E-state index contributed by atoms with van der Waals surface area (Å²) < 4.78 is 0. The van der Waals surface area contributed by atoms with Crippen molar-refractivity contribution in [2.75, 3.05) is 23.9 Å². The minimum Gasteiger partial charge on any atom is -0.350 e. The minimum atomic E-state index is -0.200. The second-order valence-electron chi connectivity index (χ2n) is 4.37. The van der Waals surface area contributed by atoms with E-state index in [2.05, 4.69) is 15.8 Å². The van der Waals surface area contributed by atoms with Crippen molar-refractivity contribution >= 4 is 40.6 Å². The van der Waals surface area contributed by atoms with Crippen LogP contribution in [0.25, 0.3) is 0 Å². The molecule has 0 aliphatic rings. The zero-order valence-electron chi connectivity index (χ0n) is 11.3. The number of anilines is 2. The van der Waals surface area contributed by atoms with Crippen LogP contribution in [0.3, 0.4) is 0 Å². The van der Waals surface area contributed by atoms with Crippen LogP contribution in [0.5, 0.6) is 0 Å². The van der Waals surface area contributed by atoms with Crippen LogP contribution < -0.4 is 15.8 Å². The van der Waals surface area contributed by atoms with Gasteiger partial charge in [0.2, 0.25) is 0 Å². The molecule has 2 aromatic rings. The molecule has 0 atom stereocenters.